The molecule has 1 aliphatic heterocycles. The topological polar surface area (TPSA) is 41.5 Å². The summed E-state index contributed by atoms with van der Waals surface area (Å²) in [5, 5.41) is 4.16. The number of rotatable bonds is 7. The zero-order valence-corrected chi connectivity index (χ0v) is 26.0. The van der Waals surface area contributed by atoms with Gasteiger partial charge in [-0.05, 0) is 110 Å². The smallest absolute Gasteiger partial charge is 0.181 e. The van der Waals surface area contributed by atoms with Crippen LogP contribution in [0.2, 0.25) is 5.02 Å². The van der Waals surface area contributed by atoms with E-state index in [1.807, 2.05) is 19.1 Å². The van der Waals surface area contributed by atoms with Gasteiger partial charge in [0.1, 0.15) is 5.71 Å². The van der Waals surface area contributed by atoms with E-state index in [0.717, 1.165) is 56.3 Å². The molecule has 0 saturated heterocycles. The van der Waals surface area contributed by atoms with Crippen molar-refractivity contribution in [2.75, 3.05) is 6.54 Å². The number of carbonyl (C=O) groups excluding carboxylic acids is 1. The van der Waals surface area contributed by atoms with E-state index in [1.165, 1.54) is 11.1 Å². The highest BCUT2D eigenvalue weighted by molar-refractivity contribution is 6.47. The third kappa shape index (κ3) is 6.85. The van der Waals surface area contributed by atoms with Crippen LogP contribution in [0, 0.1) is 30.1 Å². The van der Waals surface area contributed by atoms with E-state index in [1.54, 1.807) is 0 Å². The van der Waals surface area contributed by atoms with Gasteiger partial charge in [0, 0.05) is 23.6 Å². The summed E-state index contributed by atoms with van der Waals surface area (Å²) in [6, 6.07) is 15.0. The van der Waals surface area contributed by atoms with E-state index in [2.05, 4.69) is 77.2 Å². The second kappa shape index (κ2) is 12.3. The van der Waals surface area contributed by atoms with Crippen molar-refractivity contribution in [2.24, 2.45) is 28.2 Å². The second-order valence-electron chi connectivity index (χ2n) is 13.5. The summed E-state index contributed by atoms with van der Waals surface area (Å²) in [7, 11) is 0. The van der Waals surface area contributed by atoms with Gasteiger partial charge in [-0.25, -0.2) is 0 Å². The Morgan fingerprint density at radius 3 is 2.36 bits per heavy atom. The second-order valence-corrected chi connectivity index (χ2v) is 13.9. The highest BCUT2D eigenvalue weighted by Crippen LogP contribution is 2.51. The van der Waals surface area contributed by atoms with Crippen molar-refractivity contribution in [3.63, 3.8) is 0 Å². The number of aryl methyl sites for hydroxylation is 1. The van der Waals surface area contributed by atoms with Gasteiger partial charge in [-0.15, -0.1) is 0 Å². The SMILES string of the molecule is CCCNCc1ccc(C(C)C2CC(=O)C(c3cc(C)cc(Cl)c3)=NC3(CCC(C(C)(C)C)CC3)C2C)cc1. The molecule has 1 heterocycles. The molecule has 4 heteroatoms. The van der Waals surface area contributed by atoms with Crippen molar-refractivity contribution in [1.82, 2.24) is 5.32 Å². The number of carbonyl (C=O) groups is 1. The molecule has 39 heavy (non-hydrogen) atoms. The van der Waals surface area contributed by atoms with Gasteiger partial charge in [0.25, 0.3) is 0 Å². The van der Waals surface area contributed by atoms with Crippen molar-refractivity contribution >= 4 is 23.1 Å². The molecule has 4 rings (SSSR count). The lowest BCUT2D eigenvalue weighted by Crippen LogP contribution is -2.44. The number of hydrogen-bond acceptors (Lipinski definition) is 3. The van der Waals surface area contributed by atoms with Crippen molar-refractivity contribution in [2.45, 2.75) is 105 Å². The van der Waals surface area contributed by atoms with Gasteiger partial charge in [-0.3, -0.25) is 9.79 Å². The molecule has 0 amide bonds. The molecule has 0 bridgehead atoms. The normalized spacial score (nSPS) is 26.8. The third-order valence-corrected chi connectivity index (χ3v) is 10.0. The molecular weight excluding hydrogens is 500 g/mol. The van der Waals surface area contributed by atoms with Crippen LogP contribution in [0.3, 0.4) is 0 Å². The van der Waals surface area contributed by atoms with E-state index >= 15 is 0 Å². The first kappa shape index (κ1) is 30.0. The molecule has 1 saturated carbocycles. The van der Waals surface area contributed by atoms with Crippen molar-refractivity contribution in [3.05, 3.63) is 69.7 Å². The van der Waals surface area contributed by atoms with Crippen LogP contribution in [0.1, 0.15) is 108 Å². The summed E-state index contributed by atoms with van der Waals surface area (Å²) in [6.07, 6.45) is 6.06. The van der Waals surface area contributed by atoms with Gasteiger partial charge in [-0.1, -0.05) is 77.4 Å². The Balaban J connectivity index is 1.68. The summed E-state index contributed by atoms with van der Waals surface area (Å²) in [5.74, 6) is 1.66. The Hall–Kier alpha value is -1.97. The lowest BCUT2D eigenvalue weighted by molar-refractivity contribution is -0.114. The van der Waals surface area contributed by atoms with Gasteiger partial charge in [0.15, 0.2) is 5.78 Å². The lowest BCUT2D eigenvalue weighted by Gasteiger charge is -2.47. The van der Waals surface area contributed by atoms with Gasteiger partial charge < -0.3 is 5.32 Å². The summed E-state index contributed by atoms with van der Waals surface area (Å²) >= 11 is 6.47. The van der Waals surface area contributed by atoms with Crippen molar-refractivity contribution < 1.29 is 4.79 Å². The van der Waals surface area contributed by atoms with Crippen molar-refractivity contribution in [1.29, 1.82) is 0 Å². The number of benzene rings is 2. The first-order valence-electron chi connectivity index (χ1n) is 15.1. The fraction of sp³-hybridized carbons (Fsp3) is 0.600. The molecule has 3 atom stereocenters. The standard InChI is InChI=1S/C35H49ClN2O/c1-8-17-37-22-26-9-11-27(12-10-26)24(3)31-21-32(39)33(28-18-23(2)19-30(36)20-28)38-35(25(31)4)15-13-29(14-16-35)34(5,6)7/h9-12,18-20,24-25,29,31,37H,8,13-17,21-22H2,1-7H3. The van der Waals surface area contributed by atoms with E-state index in [9.17, 15) is 4.79 Å². The van der Waals surface area contributed by atoms with Crippen LogP contribution in [0.15, 0.2) is 47.5 Å². The maximum atomic E-state index is 14.0. The Labute approximate surface area is 242 Å². The van der Waals surface area contributed by atoms with Crippen LogP contribution in [0.25, 0.3) is 0 Å². The summed E-state index contributed by atoms with van der Waals surface area (Å²) < 4.78 is 0. The van der Waals surface area contributed by atoms with Crippen LogP contribution in [0.4, 0.5) is 0 Å². The monoisotopic (exact) mass is 548 g/mol. The van der Waals surface area contributed by atoms with Crippen LogP contribution >= 0.6 is 11.6 Å². The number of nitrogens with one attached hydrogen (secondary N) is 1. The molecule has 2 aromatic carbocycles. The minimum Gasteiger partial charge on any atom is -0.313 e. The molecular formula is C35H49ClN2O. The quantitative estimate of drug-likeness (QED) is 0.351. The van der Waals surface area contributed by atoms with E-state index in [4.69, 9.17) is 16.6 Å². The first-order valence-corrected chi connectivity index (χ1v) is 15.5. The average molecular weight is 549 g/mol. The Kier molecular flexibility index (Phi) is 9.44. The zero-order chi connectivity index (χ0) is 28.4. The molecule has 3 nitrogen and oxygen atoms in total. The first-order chi connectivity index (χ1) is 18.4. The maximum Gasteiger partial charge on any atom is 0.181 e. The number of Topliss-reactive ketones (excluding diaryl/α,β-unsaturated/α-hetero) is 1. The Morgan fingerprint density at radius 2 is 1.77 bits per heavy atom. The van der Waals surface area contributed by atoms with Crippen LogP contribution < -0.4 is 5.32 Å². The largest absolute Gasteiger partial charge is 0.313 e. The number of halogens is 1. The molecule has 212 valence electrons. The van der Waals surface area contributed by atoms with Gasteiger partial charge in [-0.2, -0.15) is 0 Å². The fourth-order valence-corrected chi connectivity index (χ4v) is 7.42. The van der Waals surface area contributed by atoms with Gasteiger partial charge in [0.2, 0.25) is 0 Å². The molecule has 1 N–H and O–H groups in total. The third-order valence-electron chi connectivity index (χ3n) is 9.80. The van der Waals surface area contributed by atoms with Gasteiger partial charge in [0.05, 0.1) is 5.54 Å². The highest BCUT2D eigenvalue weighted by atomic mass is 35.5. The average Bonchev–Trinajstić information content (AvgIpc) is 2.98. The van der Waals surface area contributed by atoms with E-state index in [0.29, 0.717) is 34.4 Å². The number of aliphatic imine (C=N–C) groups is 1. The summed E-state index contributed by atoms with van der Waals surface area (Å²) in [6.45, 7) is 18.0. The zero-order valence-electron chi connectivity index (χ0n) is 25.2. The molecule has 1 fully saturated rings. The minimum absolute atomic E-state index is 0.163. The molecule has 2 aromatic rings. The summed E-state index contributed by atoms with van der Waals surface area (Å²) in [4.78, 5) is 19.5. The van der Waals surface area contributed by atoms with Gasteiger partial charge >= 0.3 is 0 Å². The molecule has 0 radical (unpaired) electrons. The number of nitrogens with zero attached hydrogens (tertiary/aromatic N) is 1. The molecule has 1 spiro atoms. The lowest BCUT2D eigenvalue weighted by atomic mass is 9.60. The predicted molar refractivity (Wildman–Crippen MR) is 166 cm³/mol. The molecule has 2 aliphatic rings. The summed E-state index contributed by atoms with van der Waals surface area (Å²) in [5.41, 5.74) is 5.29. The minimum atomic E-state index is -0.220. The number of ketones is 1. The molecule has 1 aliphatic carbocycles. The highest BCUT2D eigenvalue weighted by Gasteiger charge is 2.48. The fourth-order valence-electron chi connectivity index (χ4n) is 7.13. The number of hydrogen-bond donors (Lipinski definition) is 1. The van der Waals surface area contributed by atoms with Crippen LogP contribution in [-0.4, -0.2) is 23.6 Å². The van der Waals surface area contributed by atoms with E-state index < -0.39 is 0 Å². The molecule has 0 aromatic heterocycles. The maximum absolute atomic E-state index is 14.0. The predicted octanol–water partition coefficient (Wildman–Crippen LogP) is 8.94. The van der Waals surface area contributed by atoms with Crippen molar-refractivity contribution in [3.8, 4) is 0 Å². The molecule has 3 unspecified atom stereocenters. The van der Waals surface area contributed by atoms with Crippen LogP contribution in [0.5, 0.6) is 0 Å². The van der Waals surface area contributed by atoms with Crippen LogP contribution in [-0.2, 0) is 11.3 Å². The Morgan fingerprint density at radius 1 is 1.10 bits per heavy atom. The van der Waals surface area contributed by atoms with E-state index in [-0.39, 0.29) is 23.2 Å². The Bertz CT molecular complexity index is 1150.